The predicted octanol–water partition coefficient (Wildman–Crippen LogP) is 0.650. The Morgan fingerprint density at radius 2 is 2.04 bits per heavy atom. The number of aliphatic carboxylic acids is 1. The van der Waals surface area contributed by atoms with E-state index in [1.165, 1.54) is 18.9 Å². The van der Waals surface area contributed by atoms with Crippen molar-refractivity contribution in [1.29, 1.82) is 0 Å². The molecule has 0 aliphatic carbocycles. The SMILES string of the molecule is COC(C)(C(=O)O)C(=O)N1CCC(C(=O)Nc2cc(C)on2)CC1. The first-order valence-corrected chi connectivity index (χ1v) is 7.60. The minimum atomic E-state index is -1.91. The third-order valence-corrected chi connectivity index (χ3v) is 4.26. The van der Waals surface area contributed by atoms with E-state index < -0.39 is 17.5 Å². The molecule has 2 amide bonds. The Balaban J connectivity index is 1.92. The highest BCUT2D eigenvalue weighted by Crippen LogP contribution is 2.23. The number of ether oxygens (including phenoxy) is 1. The standard InChI is InChI=1S/C15H21N3O6/c1-9-8-11(17-24-9)16-12(19)10-4-6-18(7-5-10)13(20)15(2,23-3)14(21)22/h8,10H,4-7H2,1-3H3,(H,21,22)(H,16,17,19). The number of nitrogens with zero attached hydrogens (tertiary/aromatic N) is 2. The summed E-state index contributed by atoms with van der Waals surface area (Å²) in [7, 11) is 1.19. The first-order chi connectivity index (χ1) is 11.3. The minimum absolute atomic E-state index is 0.192. The highest BCUT2D eigenvalue weighted by Gasteiger charge is 2.45. The molecule has 9 heteroatoms. The first-order valence-electron chi connectivity index (χ1n) is 7.60. The second-order valence-corrected chi connectivity index (χ2v) is 5.92. The van der Waals surface area contributed by atoms with Crippen LogP contribution < -0.4 is 5.32 Å². The smallest absolute Gasteiger partial charge is 0.345 e. The zero-order chi connectivity index (χ0) is 17.9. The minimum Gasteiger partial charge on any atom is -0.479 e. The third-order valence-electron chi connectivity index (χ3n) is 4.26. The molecule has 1 aromatic heterocycles. The number of carbonyl (C=O) groups excluding carboxylic acids is 2. The quantitative estimate of drug-likeness (QED) is 0.755. The Morgan fingerprint density at radius 3 is 2.50 bits per heavy atom. The lowest BCUT2D eigenvalue weighted by molar-refractivity contribution is -0.174. The lowest BCUT2D eigenvalue weighted by atomic mass is 9.94. The van der Waals surface area contributed by atoms with E-state index in [-0.39, 0.29) is 11.8 Å². The van der Waals surface area contributed by atoms with Crippen molar-refractivity contribution in [3.05, 3.63) is 11.8 Å². The van der Waals surface area contributed by atoms with Gasteiger partial charge >= 0.3 is 5.97 Å². The van der Waals surface area contributed by atoms with Gasteiger partial charge in [0.05, 0.1) is 0 Å². The number of nitrogens with one attached hydrogen (secondary N) is 1. The molecule has 24 heavy (non-hydrogen) atoms. The van der Waals surface area contributed by atoms with Crippen LogP contribution >= 0.6 is 0 Å². The average Bonchev–Trinajstić information content (AvgIpc) is 2.98. The van der Waals surface area contributed by atoms with Gasteiger partial charge in [-0.1, -0.05) is 5.16 Å². The molecular weight excluding hydrogens is 318 g/mol. The van der Waals surface area contributed by atoms with Crippen molar-refractivity contribution in [2.75, 3.05) is 25.5 Å². The predicted molar refractivity (Wildman–Crippen MR) is 82.2 cm³/mol. The summed E-state index contributed by atoms with van der Waals surface area (Å²) in [6.07, 6.45) is 0.877. The molecule has 132 valence electrons. The van der Waals surface area contributed by atoms with Crippen LogP contribution in [-0.4, -0.2) is 58.7 Å². The summed E-state index contributed by atoms with van der Waals surface area (Å²) < 4.78 is 9.77. The normalized spacial score (nSPS) is 18.0. The lowest BCUT2D eigenvalue weighted by Gasteiger charge is -2.35. The van der Waals surface area contributed by atoms with Crippen LogP contribution in [0.2, 0.25) is 0 Å². The Bertz CT molecular complexity index is 635. The molecule has 1 aliphatic rings. The summed E-state index contributed by atoms with van der Waals surface area (Å²) in [5, 5.41) is 15.6. The summed E-state index contributed by atoms with van der Waals surface area (Å²) in [4.78, 5) is 37.2. The van der Waals surface area contributed by atoms with E-state index in [1.807, 2.05) is 0 Å². The maximum absolute atomic E-state index is 12.4. The number of carboxylic acids is 1. The van der Waals surface area contributed by atoms with Crippen molar-refractivity contribution in [2.45, 2.75) is 32.3 Å². The average molecular weight is 339 g/mol. The van der Waals surface area contributed by atoms with E-state index >= 15 is 0 Å². The summed E-state index contributed by atoms with van der Waals surface area (Å²) in [6, 6.07) is 1.62. The van der Waals surface area contributed by atoms with E-state index in [4.69, 9.17) is 9.26 Å². The van der Waals surface area contributed by atoms with Gasteiger partial charge in [0.1, 0.15) is 5.76 Å². The number of hydrogen-bond donors (Lipinski definition) is 2. The van der Waals surface area contributed by atoms with Crippen LogP contribution in [0.3, 0.4) is 0 Å². The summed E-state index contributed by atoms with van der Waals surface area (Å²) in [5.74, 6) is -1.46. The number of anilines is 1. The van der Waals surface area contributed by atoms with Gasteiger partial charge in [-0.2, -0.15) is 0 Å². The first kappa shape index (κ1) is 17.9. The van der Waals surface area contributed by atoms with Gasteiger partial charge in [-0.05, 0) is 26.7 Å². The molecule has 1 aromatic rings. The topological polar surface area (TPSA) is 122 Å². The fourth-order valence-electron chi connectivity index (χ4n) is 2.57. The molecule has 2 rings (SSSR count). The van der Waals surface area contributed by atoms with Crippen LogP contribution in [0.1, 0.15) is 25.5 Å². The van der Waals surface area contributed by atoms with Gasteiger partial charge in [0, 0.05) is 32.2 Å². The molecule has 2 heterocycles. The van der Waals surface area contributed by atoms with Crippen LogP contribution in [0, 0.1) is 12.8 Å². The molecule has 0 spiro atoms. The maximum Gasteiger partial charge on any atom is 0.345 e. The summed E-state index contributed by atoms with van der Waals surface area (Å²) >= 11 is 0. The van der Waals surface area contributed by atoms with Crippen LogP contribution in [0.5, 0.6) is 0 Å². The number of methoxy groups -OCH3 is 1. The molecule has 1 fully saturated rings. The van der Waals surface area contributed by atoms with Crippen LogP contribution in [0.4, 0.5) is 5.82 Å². The highest BCUT2D eigenvalue weighted by molar-refractivity contribution is 6.05. The molecule has 0 bridgehead atoms. The maximum atomic E-state index is 12.4. The van der Waals surface area contributed by atoms with Crippen molar-refractivity contribution >= 4 is 23.6 Å². The van der Waals surface area contributed by atoms with Gasteiger partial charge in [0.25, 0.3) is 5.91 Å². The van der Waals surface area contributed by atoms with Crippen molar-refractivity contribution in [2.24, 2.45) is 5.92 Å². The molecule has 9 nitrogen and oxygen atoms in total. The summed E-state index contributed by atoms with van der Waals surface area (Å²) in [5.41, 5.74) is -1.91. The number of hydrogen-bond acceptors (Lipinski definition) is 6. The molecule has 1 aliphatic heterocycles. The van der Waals surface area contributed by atoms with Gasteiger partial charge in [-0.3, -0.25) is 9.59 Å². The molecule has 0 radical (unpaired) electrons. The Labute approximate surface area is 138 Å². The number of likely N-dealkylation sites (tertiary alicyclic amines) is 1. The zero-order valence-electron chi connectivity index (χ0n) is 13.9. The zero-order valence-corrected chi connectivity index (χ0v) is 13.9. The highest BCUT2D eigenvalue weighted by atomic mass is 16.5. The van der Waals surface area contributed by atoms with E-state index in [0.717, 1.165) is 0 Å². The van der Waals surface area contributed by atoms with Crippen LogP contribution in [-0.2, 0) is 19.1 Å². The van der Waals surface area contributed by atoms with Crippen molar-refractivity contribution in [3.8, 4) is 0 Å². The number of rotatable bonds is 5. The fraction of sp³-hybridized carbons (Fsp3) is 0.600. The Hall–Kier alpha value is -2.42. The van der Waals surface area contributed by atoms with E-state index in [1.54, 1.807) is 13.0 Å². The van der Waals surface area contributed by atoms with Gasteiger partial charge in [0.2, 0.25) is 11.5 Å². The number of carboxylic acid groups (broad SMARTS) is 1. The number of piperidine rings is 1. The fourth-order valence-corrected chi connectivity index (χ4v) is 2.57. The van der Waals surface area contributed by atoms with Crippen molar-refractivity contribution in [1.82, 2.24) is 10.1 Å². The van der Waals surface area contributed by atoms with E-state index in [0.29, 0.717) is 37.5 Å². The van der Waals surface area contributed by atoms with E-state index in [2.05, 4.69) is 10.5 Å². The Morgan fingerprint density at radius 1 is 1.42 bits per heavy atom. The number of aryl methyl sites for hydroxylation is 1. The Kier molecular flexibility index (Phi) is 5.23. The van der Waals surface area contributed by atoms with Gasteiger partial charge < -0.3 is 24.6 Å². The molecule has 1 unspecified atom stereocenters. The van der Waals surface area contributed by atoms with Crippen LogP contribution in [0.15, 0.2) is 10.6 Å². The monoisotopic (exact) mass is 339 g/mol. The number of amides is 2. The van der Waals surface area contributed by atoms with Crippen molar-refractivity contribution in [3.63, 3.8) is 0 Å². The second-order valence-electron chi connectivity index (χ2n) is 5.92. The van der Waals surface area contributed by atoms with E-state index in [9.17, 15) is 19.5 Å². The molecular formula is C15H21N3O6. The second kappa shape index (κ2) is 7.00. The largest absolute Gasteiger partial charge is 0.479 e. The molecule has 2 N–H and O–H groups in total. The third kappa shape index (κ3) is 3.56. The lowest BCUT2D eigenvalue weighted by Crippen LogP contribution is -2.55. The molecule has 0 aromatic carbocycles. The van der Waals surface area contributed by atoms with Crippen LogP contribution in [0.25, 0.3) is 0 Å². The number of carbonyl (C=O) groups is 3. The summed E-state index contributed by atoms with van der Waals surface area (Å²) in [6.45, 7) is 3.54. The molecule has 1 atom stereocenters. The molecule has 0 saturated carbocycles. The molecule has 1 saturated heterocycles. The number of aromatic nitrogens is 1. The van der Waals surface area contributed by atoms with Crippen molar-refractivity contribution < 1.29 is 28.8 Å². The van der Waals surface area contributed by atoms with Gasteiger partial charge in [0.15, 0.2) is 5.82 Å². The van der Waals surface area contributed by atoms with Gasteiger partial charge in [-0.25, -0.2) is 4.79 Å². The van der Waals surface area contributed by atoms with Gasteiger partial charge in [-0.15, -0.1) is 0 Å².